The molecule has 0 bridgehead atoms. The molecule has 2 N–H and O–H groups in total. The minimum Gasteiger partial charge on any atom is -0.369 e. The Hall–Kier alpha value is -1.35. The Balaban J connectivity index is 2.26. The fraction of sp³-hybridized carbons (Fsp3) is 0.650. The van der Waals surface area contributed by atoms with E-state index in [1.54, 1.807) is 0 Å². The second-order valence-electron chi connectivity index (χ2n) is 7.63. The van der Waals surface area contributed by atoms with E-state index in [4.69, 9.17) is 5.73 Å². The SMILES string of the molecule is CC(C)Cc1ccc([C@@](C)(C(N)=O)C(C)N2CCCCC2)cc1. The summed E-state index contributed by atoms with van der Waals surface area (Å²) in [5, 5.41) is 0. The van der Waals surface area contributed by atoms with Crippen molar-refractivity contribution >= 4 is 5.91 Å². The summed E-state index contributed by atoms with van der Waals surface area (Å²) in [5.74, 6) is 0.405. The predicted octanol–water partition coefficient (Wildman–Crippen LogP) is 3.50. The molecule has 1 saturated heterocycles. The molecule has 0 spiro atoms. The van der Waals surface area contributed by atoms with Gasteiger partial charge in [0.2, 0.25) is 5.91 Å². The first kappa shape index (κ1) is 18.0. The number of piperidine rings is 1. The normalized spacial score (nSPS) is 20.2. The number of hydrogen-bond acceptors (Lipinski definition) is 2. The van der Waals surface area contributed by atoms with Crippen molar-refractivity contribution in [2.75, 3.05) is 13.1 Å². The van der Waals surface area contributed by atoms with Crippen molar-refractivity contribution < 1.29 is 4.79 Å². The third-order valence-corrected chi connectivity index (χ3v) is 5.48. The van der Waals surface area contributed by atoms with Crippen LogP contribution < -0.4 is 5.73 Å². The maximum absolute atomic E-state index is 12.4. The van der Waals surface area contributed by atoms with Crippen LogP contribution in [0.25, 0.3) is 0 Å². The number of hydrogen-bond donors (Lipinski definition) is 1. The molecule has 23 heavy (non-hydrogen) atoms. The van der Waals surface area contributed by atoms with Crippen LogP contribution in [0.4, 0.5) is 0 Å². The summed E-state index contributed by atoms with van der Waals surface area (Å²) in [6.45, 7) is 10.7. The average molecular weight is 316 g/mol. The maximum atomic E-state index is 12.4. The molecule has 1 aromatic rings. The van der Waals surface area contributed by atoms with Gasteiger partial charge in [0.05, 0.1) is 5.41 Å². The van der Waals surface area contributed by atoms with Crippen molar-refractivity contribution in [2.24, 2.45) is 11.7 Å². The topological polar surface area (TPSA) is 46.3 Å². The lowest BCUT2D eigenvalue weighted by molar-refractivity contribution is -0.125. The van der Waals surface area contributed by atoms with Gasteiger partial charge in [0.1, 0.15) is 0 Å². The third kappa shape index (κ3) is 3.95. The van der Waals surface area contributed by atoms with Crippen LogP contribution in [-0.4, -0.2) is 29.9 Å². The van der Waals surface area contributed by atoms with Gasteiger partial charge in [0.15, 0.2) is 0 Å². The molecular formula is C20H32N2O. The van der Waals surface area contributed by atoms with Crippen LogP contribution in [-0.2, 0) is 16.6 Å². The molecule has 1 fully saturated rings. The Morgan fingerprint density at radius 3 is 2.17 bits per heavy atom. The molecule has 0 aromatic heterocycles. The van der Waals surface area contributed by atoms with Crippen LogP contribution >= 0.6 is 0 Å². The largest absolute Gasteiger partial charge is 0.369 e. The van der Waals surface area contributed by atoms with Crippen molar-refractivity contribution in [3.63, 3.8) is 0 Å². The van der Waals surface area contributed by atoms with Gasteiger partial charge in [0.25, 0.3) is 0 Å². The van der Waals surface area contributed by atoms with Crippen LogP contribution in [0.5, 0.6) is 0 Å². The summed E-state index contributed by atoms with van der Waals surface area (Å²) in [7, 11) is 0. The van der Waals surface area contributed by atoms with Gasteiger partial charge in [-0.15, -0.1) is 0 Å². The van der Waals surface area contributed by atoms with Gasteiger partial charge in [-0.3, -0.25) is 9.69 Å². The number of carbonyl (C=O) groups is 1. The van der Waals surface area contributed by atoms with E-state index in [-0.39, 0.29) is 11.9 Å². The molecule has 0 aliphatic carbocycles. The second-order valence-corrected chi connectivity index (χ2v) is 7.63. The Labute approximate surface area is 141 Å². The fourth-order valence-corrected chi connectivity index (χ4v) is 3.72. The molecule has 2 rings (SSSR count). The first-order valence-electron chi connectivity index (χ1n) is 8.99. The minimum atomic E-state index is -0.645. The lowest BCUT2D eigenvalue weighted by Gasteiger charge is -2.42. The predicted molar refractivity (Wildman–Crippen MR) is 96.4 cm³/mol. The smallest absolute Gasteiger partial charge is 0.229 e. The molecule has 3 nitrogen and oxygen atoms in total. The number of likely N-dealkylation sites (tertiary alicyclic amines) is 1. The van der Waals surface area contributed by atoms with E-state index in [0.29, 0.717) is 5.92 Å². The van der Waals surface area contributed by atoms with Gasteiger partial charge >= 0.3 is 0 Å². The number of carbonyl (C=O) groups excluding carboxylic acids is 1. The second kappa shape index (κ2) is 7.48. The fourth-order valence-electron chi connectivity index (χ4n) is 3.72. The van der Waals surface area contributed by atoms with Crippen LogP contribution in [0.15, 0.2) is 24.3 Å². The van der Waals surface area contributed by atoms with Crippen molar-refractivity contribution in [3.05, 3.63) is 35.4 Å². The summed E-state index contributed by atoms with van der Waals surface area (Å²) in [6, 6.07) is 8.63. The van der Waals surface area contributed by atoms with Crippen LogP contribution in [0.3, 0.4) is 0 Å². The summed E-state index contributed by atoms with van der Waals surface area (Å²) in [5.41, 5.74) is 7.58. The Morgan fingerprint density at radius 2 is 1.70 bits per heavy atom. The Bertz CT molecular complexity index is 517. The molecule has 128 valence electrons. The van der Waals surface area contributed by atoms with Gasteiger partial charge in [-0.1, -0.05) is 44.5 Å². The first-order chi connectivity index (χ1) is 10.9. The number of nitrogens with two attached hydrogens (primary N) is 1. The van der Waals surface area contributed by atoms with E-state index < -0.39 is 5.41 Å². The van der Waals surface area contributed by atoms with Crippen LogP contribution in [0.2, 0.25) is 0 Å². The first-order valence-corrected chi connectivity index (χ1v) is 8.99. The molecular weight excluding hydrogens is 284 g/mol. The molecule has 1 aliphatic rings. The van der Waals surface area contributed by atoms with Gasteiger partial charge in [-0.2, -0.15) is 0 Å². The molecule has 2 atom stereocenters. The number of primary amides is 1. The van der Waals surface area contributed by atoms with Gasteiger partial charge < -0.3 is 5.73 Å². The zero-order valence-corrected chi connectivity index (χ0v) is 15.1. The summed E-state index contributed by atoms with van der Waals surface area (Å²) >= 11 is 0. The highest BCUT2D eigenvalue weighted by atomic mass is 16.1. The molecule has 0 radical (unpaired) electrons. The van der Waals surface area contributed by atoms with Crippen LogP contribution in [0, 0.1) is 5.92 Å². The lowest BCUT2D eigenvalue weighted by Crippen LogP contribution is -2.55. The summed E-state index contributed by atoms with van der Waals surface area (Å²) in [4.78, 5) is 14.8. The summed E-state index contributed by atoms with van der Waals surface area (Å²) < 4.78 is 0. The van der Waals surface area contributed by atoms with Crippen molar-refractivity contribution in [2.45, 2.75) is 64.8 Å². The molecule has 3 heteroatoms. The van der Waals surface area contributed by atoms with E-state index in [2.05, 4.69) is 49.9 Å². The van der Waals surface area contributed by atoms with E-state index in [1.807, 2.05) is 6.92 Å². The minimum absolute atomic E-state index is 0.122. The van der Waals surface area contributed by atoms with Gasteiger partial charge in [0, 0.05) is 6.04 Å². The zero-order valence-electron chi connectivity index (χ0n) is 15.1. The van der Waals surface area contributed by atoms with E-state index in [9.17, 15) is 4.79 Å². The molecule has 1 amide bonds. The molecule has 1 aromatic carbocycles. The quantitative estimate of drug-likeness (QED) is 0.873. The molecule has 1 aliphatic heterocycles. The molecule has 1 unspecified atom stereocenters. The van der Waals surface area contributed by atoms with Crippen molar-refractivity contribution in [3.8, 4) is 0 Å². The standard InChI is InChI=1S/C20H32N2O/c1-15(2)14-17-8-10-18(11-9-17)20(4,19(21)23)16(3)22-12-6-5-7-13-22/h8-11,15-16H,5-7,12-14H2,1-4H3,(H2,21,23)/t16?,20-/m0/s1. The monoisotopic (exact) mass is 316 g/mol. The van der Waals surface area contributed by atoms with E-state index in [0.717, 1.165) is 25.1 Å². The van der Waals surface area contributed by atoms with Gasteiger partial charge in [-0.05, 0) is 63.2 Å². The van der Waals surface area contributed by atoms with Crippen LogP contribution in [0.1, 0.15) is 58.1 Å². The highest BCUT2D eigenvalue weighted by Crippen LogP contribution is 2.32. The van der Waals surface area contributed by atoms with Crippen molar-refractivity contribution in [1.29, 1.82) is 0 Å². The Morgan fingerprint density at radius 1 is 1.13 bits per heavy atom. The van der Waals surface area contributed by atoms with E-state index in [1.165, 1.54) is 24.8 Å². The number of amides is 1. The lowest BCUT2D eigenvalue weighted by atomic mass is 9.74. The number of benzene rings is 1. The average Bonchev–Trinajstić information content (AvgIpc) is 2.54. The molecule has 0 saturated carbocycles. The highest BCUT2D eigenvalue weighted by molar-refractivity contribution is 5.87. The summed E-state index contributed by atoms with van der Waals surface area (Å²) in [6.07, 6.45) is 4.79. The number of nitrogens with zero attached hydrogens (tertiary/aromatic N) is 1. The zero-order chi connectivity index (χ0) is 17.0. The van der Waals surface area contributed by atoms with Gasteiger partial charge in [-0.25, -0.2) is 0 Å². The third-order valence-electron chi connectivity index (χ3n) is 5.48. The van der Waals surface area contributed by atoms with Crippen molar-refractivity contribution in [1.82, 2.24) is 4.90 Å². The maximum Gasteiger partial charge on any atom is 0.229 e. The van der Waals surface area contributed by atoms with E-state index >= 15 is 0 Å². The Kier molecular flexibility index (Phi) is 5.85. The highest BCUT2D eigenvalue weighted by Gasteiger charge is 2.42. The molecule has 1 heterocycles. The number of rotatable bonds is 6.